The Morgan fingerprint density at radius 3 is 2.17 bits per heavy atom. The maximum absolute atomic E-state index is 10.4. The van der Waals surface area contributed by atoms with E-state index < -0.39 is 10.1 Å². The van der Waals surface area contributed by atoms with E-state index in [0.717, 1.165) is 19.3 Å². The van der Waals surface area contributed by atoms with Crippen molar-refractivity contribution in [1.82, 2.24) is 0 Å². The molecule has 0 aromatic heterocycles. The van der Waals surface area contributed by atoms with Crippen molar-refractivity contribution < 1.29 is 13.0 Å². The zero-order valence-electron chi connectivity index (χ0n) is 7.78. The van der Waals surface area contributed by atoms with Gasteiger partial charge in [0.2, 0.25) is 0 Å². The van der Waals surface area contributed by atoms with Crippen molar-refractivity contribution in [2.75, 3.05) is 5.75 Å². The minimum Gasteiger partial charge on any atom is -0.286 e. The van der Waals surface area contributed by atoms with Gasteiger partial charge >= 0.3 is 0 Å². The summed E-state index contributed by atoms with van der Waals surface area (Å²) in [6.45, 7) is 4.13. The van der Waals surface area contributed by atoms with E-state index >= 15 is 0 Å². The zero-order chi connectivity index (χ0) is 9.61. The minimum atomic E-state index is -3.75. The highest BCUT2D eigenvalue weighted by atomic mass is 32.2. The molecule has 4 heteroatoms. The first kappa shape index (κ1) is 11.9. The van der Waals surface area contributed by atoms with E-state index in [1.165, 1.54) is 0 Å². The summed E-state index contributed by atoms with van der Waals surface area (Å²) in [5.41, 5.74) is 0. The molecule has 0 aromatic rings. The lowest BCUT2D eigenvalue weighted by Gasteiger charge is -2.11. The molecule has 0 aliphatic rings. The minimum absolute atomic E-state index is 0.0918. The van der Waals surface area contributed by atoms with E-state index in [0.29, 0.717) is 12.3 Å². The standard InChI is InChI=1S/C8H18O3S/c1-3-5-8(4-2)6-7-12(9,10)11/h8H,3-7H2,1-2H3,(H,9,10,11)/t8-/m1/s1. The molecule has 0 radical (unpaired) electrons. The van der Waals surface area contributed by atoms with Gasteiger partial charge in [-0.1, -0.05) is 33.1 Å². The van der Waals surface area contributed by atoms with Gasteiger partial charge < -0.3 is 0 Å². The van der Waals surface area contributed by atoms with Crippen LogP contribution in [0.2, 0.25) is 0 Å². The fourth-order valence-corrected chi connectivity index (χ4v) is 1.91. The second-order valence-corrected chi connectivity index (χ2v) is 4.71. The van der Waals surface area contributed by atoms with Crippen LogP contribution in [0, 0.1) is 5.92 Å². The highest BCUT2D eigenvalue weighted by Crippen LogP contribution is 2.15. The lowest BCUT2D eigenvalue weighted by Crippen LogP contribution is -2.09. The smallest absolute Gasteiger partial charge is 0.264 e. The molecular formula is C8H18O3S. The second-order valence-electron chi connectivity index (χ2n) is 3.14. The quantitative estimate of drug-likeness (QED) is 0.659. The maximum Gasteiger partial charge on any atom is 0.264 e. The summed E-state index contributed by atoms with van der Waals surface area (Å²) in [6.07, 6.45) is 3.70. The Labute approximate surface area is 74.9 Å². The van der Waals surface area contributed by atoms with Gasteiger partial charge in [-0.2, -0.15) is 8.42 Å². The molecule has 0 rings (SSSR count). The molecule has 12 heavy (non-hydrogen) atoms. The maximum atomic E-state index is 10.4. The van der Waals surface area contributed by atoms with Crippen LogP contribution in [-0.4, -0.2) is 18.7 Å². The second kappa shape index (κ2) is 5.54. The molecule has 0 aliphatic heterocycles. The van der Waals surface area contributed by atoms with Crippen molar-refractivity contribution >= 4 is 10.1 Å². The molecule has 0 unspecified atom stereocenters. The van der Waals surface area contributed by atoms with Crippen LogP contribution < -0.4 is 0 Å². The first-order chi connectivity index (χ1) is 5.49. The van der Waals surface area contributed by atoms with Crippen molar-refractivity contribution in [2.45, 2.75) is 39.5 Å². The number of hydrogen-bond acceptors (Lipinski definition) is 2. The fraction of sp³-hybridized carbons (Fsp3) is 1.00. The Morgan fingerprint density at radius 2 is 1.83 bits per heavy atom. The van der Waals surface area contributed by atoms with Crippen LogP contribution in [0.15, 0.2) is 0 Å². The van der Waals surface area contributed by atoms with E-state index in [-0.39, 0.29) is 5.75 Å². The van der Waals surface area contributed by atoms with Gasteiger partial charge in [-0.05, 0) is 12.3 Å². The molecule has 0 aliphatic carbocycles. The predicted octanol–water partition coefficient (Wildman–Crippen LogP) is 2.09. The molecule has 0 heterocycles. The Morgan fingerprint density at radius 1 is 1.25 bits per heavy atom. The SMILES string of the molecule is CCC[C@@H](CC)CCS(=O)(=O)O. The van der Waals surface area contributed by atoms with Gasteiger partial charge in [-0.3, -0.25) is 4.55 Å². The number of rotatable bonds is 6. The third-order valence-electron chi connectivity index (χ3n) is 2.06. The average Bonchev–Trinajstić information content (AvgIpc) is 1.96. The van der Waals surface area contributed by atoms with Crippen molar-refractivity contribution in [3.05, 3.63) is 0 Å². The van der Waals surface area contributed by atoms with Gasteiger partial charge in [-0.25, -0.2) is 0 Å². The fourth-order valence-electron chi connectivity index (χ4n) is 1.28. The molecule has 1 N–H and O–H groups in total. The highest BCUT2D eigenvalue weighted by Gasteiger charge is 2.10. The Kier molecular flexibility index (Phi) is 5.50. The molecule has 0 spiro atoms. The monoisotopic (exact) mass is 194 g/mol. The molecule has 0 saturated carbocycles. The van der Waals surface area contributed by atoms with Crippen LogP contribution in [0.3, 0.4) is 0 Å². The van der Waals surface area contributed by atoms with Crippen LogP contribution in [-0.2, 0) is 10.1 Å². The molecule has 3 nitrogen and oxygen atoms in total. The summed E-state index contributed by atoms with van der Waals surface area (Å²) in [5.74, 6) is 0.350. The predicted molar refractivity (Wildman–Crippen MR) is 49.7 cm³/mol. The third-order valence-corrected chi connectivity index (χ3v) is 2.81. The molecule has 0 bridgehead atoms. The van der Waals surface area contributed by atoms with Gasteiger partial charge in [0, 0.05) is 0 Å². The Balaban J connectivity index is 3.73. The molecule has 0 saturated heterocycles. The van der Waals surface area contributed by atoms with Gasteiger partial charge in [0.1, 0.15) is 0 Å². The van der Waals surface area contributed by atoms with E-state index in [2.05, 4.69) is 6.92 Å². The Hall–Kier alpha value is -0.0900. The topological polar surface area (TPSA) is 54.4 Å². The van der Waals surface area contributed by atoms with Crippen molar-refractivity contribution in [2.24, 2.45) is 5.92 Å². The van der Waals surface area contributed by atoms with E-state index in [1.807, 2.05) is 6.92 Å². The van der Waals surface area contributed by atoms with Gasteiger partial charge in [0.25, 0.3) is 10.1 Å². The summed E-state index contributed by atoms with van der Waals surface area (Å²) in [7, 11) is -3.75. The zero-order valence-corrected chi connectivity index (χ0v) is 8.60. The first-order valence-electron chi connectivity index (χ1n) is 4.44. The summed E-state index contributed by atoms with van der Waals surface area (Å²) in [4.78, 5) is 0. The van der Waals surface area contributed by atoms with E-state index in [1.54, 1.807) is 0 Å². The van der Waals surface area contributed by atoms with Gasteiger partial charge in [-0.15, -0.1) is 0 Å². The lowest BCUT2D eigenvalue weighted by atomic mass is 9.98. The average molecular weight is 194 g/mol. The van der Waals surface area contributed by atoms with Crippen LogP contribution in [0.4, 0.5) is 0 Å². The molecule has 0 amide bonds. The number of hydrogen-bond donors (Lipinski definition) is 1. The van der Waals surface area contributed by atoms with Crippen LogP contribution in [0.5, 0.6) is 0 Å². The summed E-state index contributed by atoms with van der Waals surface area (Å²) >= 11 is 0. The highest BCUT2D eigenvalue weighted by molar-refractivity contribution is 7.85. The Bertz CT molecular complexity index is 196. The molecule has 0 fully saturated rings. The van der Waals surface area contributed by atoms with Crippen molar-refractivity contribution in [3.8, 4) is 0 Å². The van der Waals surface area contributed by atoms with E-state index in [4.69, 9.17) is 4.55 Å². The summed E-state index contributed by atoms with van der Waals surface area (Å²) < 4.78 is 29.3. The normalized spacial score (nSPS) is 14.6. The summed E-state index contributed by atoms with van der Waals surface area (Å²) in [6, 6.07) is 0. The largest absolute Gasteiger partial charge is 0.286 e. The van der Waals surface area contributed by atoms with Crippen LogP contribution in [0.25, 0.3) is 0 Å². The summed E-state index contributed by atoms with van der Waals surface area (Å²) in [5, 5.41) is 0. The lowest BCUT2D eigenvalue weighted by molar-refractivity contribution is 0.432. The third kappa shape index (κ3) is 6.61. The van der Waals surface area contributed by atoms with Crippen LogP contribution in [0.1, 0.15) is 39.5 Å². The molecule has 0 aromatic carbocycles. The van der Waals surface area contributed by atoms with E-state index in [9.17, 15) is 8.42 Å². The van der Waals surface area contributed by atoms with Gasteiger partial charge in [0.05, 0.1) is 5.75 Å². The van der Waals surface area contributed by atoms with Crippen molar-refractivity contribution in [3.63, 3.8) is 0 Å². The first-order valence-corrected chi connectivity index (χ1v) is 6.05. The van der Waals surface area contributed by atoms with Gasteiger partial charge in [0.15, 0.2) is 0 Å². The molecule has 74 valence electrons. The molecular weight excluding hydrogens is 176 g/mol. The molecule has 1 atom stereocenters. The van der Waals surface area contributed by atoms with Crippen LogP contribution >= 0.6 is 0 Å². The van der Waals surface area contributed by atoms with Crippen molar-refractivity contribution in [1.29, 1.82) is 0 Å².